The smallest absolute Gasteiger partial charge is 0.336 e. The number of benzene rings is 3. The normalized spacial score (nSPS) is 12.6. The number of halogens is 2. The lowest BCUT2D eigenvalue weighted by Crippen LogP contribution is -2.83. The molecule has 0 amide bonds. The number of hydrogen-bond acceptors (Lipinski definition) is 2. The molecule has 2 N–H and O–H groups in total. The van der Waals surface area contributed by atoms with E-state index in [4.69, 9.17) is 27.6 Å². The largest absolute Gasteiger partial charge is 0.423 e. The zero-order valence-electron chi connectivity index (χ0n) is 14.7. The van der Waals surface area contributed by atoms with E-state index in [0.717, 1.165) is 27.3 Å². The molecule has 27 heavy (non-hydrogen) atoms. The molecule has 0 aliphatic heterocycles. The molecule has 0 fully saturated rings. The van der Waals surface area contributed by atoms with Crippen LogP contribution >= 0.6 is 23.2 Å². The van der Waals surface area contributed by atoms with Gasteiger partial charge in [-0.2, -0.15) is 0 Å². The van der Waals surface area contributed by atoms with Crippen LogP contribution in [0.5, 0.6) is 0 Å². The predicted molar refractivity (Wildman–Crippen MR) is 110 cm³/mol. The third-order valence-electron chi connectivity index (χ3n) is 4.86. The Labute approximate surface area is 166 Å². The first-order valence-electron chi connectivity index (χ1n) is 8.75. The van der Waals surface area contributed by atoms with Gasteiger partial charge < -0.3 is 9.73 Å². The van der Waals surface area contributed by atoms with Gasteiger partial charge in [-0.15, -0.1) is 0 Å². The molecule has 136 valence electrons. The Morgan fingerprint density at radius 3 is 2.67 bits per heavy atom. The summed E-state index contributed by atoms with van der Waals surface area (Å²) in [5.41, 5.74) is 2.24. The number of nitrogens with two attached hydrogens (primary N) is 1. The van der Waals surface area contributed by atoms with E-state index in [1.54, 1.807) is 12.1 Å². The zero-order valence-corrected chi connectivity index (χ0v) is 16.2. The minimum Gasteiger partial charge on any atom is -0.423 e. The third kappa shape index (κ3) is 3.59. The molecule has 3 aromatic carbocycles. The minimum absolute atomic E-state index is 0.118. The van der Waals surface area contributed by atoms with E-state index in [1.807, 2.05) is 36.4 Å². The number of hydrogen-bond donors (Lipinski definition) is 1. The maximum atomic E-state index is 12.0. The molecule has 0 saturated carbocycles. The molecule has 0 bridgehead atoms. The maximum Gasteiger partial charge on any atom is 0.336 e. The first-order valence-corrected chi connectivity index (χ1v) is 9.51. The van der Waals surface area contributed by atoms with Gasteiger partial charge in [-0.25, -0.2) is 4.79 Å². The van der Waals surface area contributed by atoms with Gasteiger partial charge in [-0.05, 0) is 35.9 Å². The fourth-order valence-electron chi connectivity index (χ4n) is 3.48. The molecule has 0 radical (unpaired) electrons. The SMILES string of the molecule is C[C@H]([NH2+]Cc1cc(=O)oc2ccc3ccccc3c12)c1ccc(Cl)cc1Cl. The average molecular weight is 399 g/mol. The molecule has 1 heterocycles. The van der Waals surface area contributed by atoms with Crippen LogP contribution in [0.2, 0.25) is 10.0 Å². The molecule has 1 atom stereocenters. The van der Waals surface area contributed by atoms with Gasteiger partial charge in [-0.3, -0.25) is 0 Å². The summed E-state index contributed by atoms with van der Waals surface area (Å²) in [6.45, 7) is 2.72. The summed E-state index contributed by atoms with van der Waals surface area (Å²) in [7, 11) is 0. The maximum absolute atomic E-state index is 12.0. The Bertz CT molecular complexity index is 1200. The molecular formula is C22H18Cl2NO2+. The van der Waals surface area contributed by atoms with Crippen molar-refractivity contribution in [3.63, 3.8) is 0 Å². The van der Waals surface area contributed by atoms with Crippen LogP contribution in [-0.4, -0.2) is 0 Å². The summed E-state index contributed by atoms with van der Waals surface area (Å²) in [4.78, 5) is 12.0. The van der Waals surface area contributed by atoms with Crippen molar-refractivity contribution in [2.24, 2.45) is 0 Å². The van der Waals surface area contributed by atoms with Crippen molar-refractivity contribution in [1.29, 1.82) is 0 Å². The molecule has 4 rings (SSSR count). The fraction of sp³-hybridized carbons (Fsp3) is 0.136. The topological polar surface area (TPSA) is 46.8 Å². The molecule has 0 unspecified atom stereocenters. The third-order valence-corrected chi connectivity index (χ3v) is 5.42. The summed E-state index contributed by atoms with van der Waals surface area (Å²) in [5.74, 6) is 0. The molecule has 0 spiro atoms. The van der Waals surface area contributed by atoms with Crippen LogP contribution in [0.4, 0.5) is 0 Å². The van der Waals surface area contributed by atoms with Crippen LogP contribution in [0.25, 0.3) is 21.7 Å². The van der Waals surface area contributed by atoms with Crippen LogP contribution in [0.1, 0.15) is 24.1 Å². The second-order valence-electron chi connectivity index (χ2n) is 6.64. The number of rotatable bonds is 4. The summed E-state index contributed by atoms with van der Waals surface area (Å²) < 4.78 is 5.43. The van der Waals surface area contributed by atoms with Crippen LogP contribution in [-0.2, 0) is 6.54 Å². The summed E-state index contributed by atoms with van der Waals surface area (Å²) in [6.07, 6.45) is 0. The van der Waals surface area contributed by atoms with Crippen molar-refractivity contribution < 1.29 is 9.73 Å². The molecule has 4 aromatic rings. The highest BCUT2D eigenvalue weighted by Gasteiger charge is 2.16. The lowest BCUT2D eigenvalue weighted by atomic mass is 10.0. The Morgan fingerprint density at radius 2 is 1.85 bits per heavy atom. The van der Waals surface area contributed by atoms with Crippen LogP contribution in [0.3, 0.4) is 0 Å². The van der Waals surface area contributed by atoms with E-state index in [9.17, 15) is 4.79 Å². The van der Waals surface area contributed by atoms with Gasteiger partial charge in [0.25, 0.3) is 0 Å². The van der Waals surface area contributed by atoms with Crippen LogP contribution in [0, 0.1) is 0 Å². The summed E-state index contributed by atoms with van der Waals surface area (Å²) >= 11 is 12.3. The molecule has 0 saturated heterocycles. The summed E-state index contributed by atoms with van der Waals surface area (Å²) in [5, 5.41) is 6.61. The van der Waals surface area contributed by atoms with Gasteiger partial charge in [0, 0.05) is 27.6 Å². The van der Waals surface area contributed by atoms with Crippen LogP contribution < -0.4 is 10.9 Å². The standard InChI is InChI=1S/C22H17Cl2NO2/c1-13(17-8-7-16(23)11-19(17)24)25-12-15-10-21(26)27-20-9-6-14-4-2-3-5-18(14)22(15)20/h2-11,13,25H,12H2,1H3/p+1/t13-/m0/s1. The quantitative estimate of drug-likeness (QED) is 0.384. The predicted octanol–water partition coefficient (Wildman–Crippen LogP) is 5.08. The molecule has 5 heteroatoms. The molecular weight excluding hydrogens is 381 g/mol. The van der Waals surface area contributed by atoms with E-state index in [-0.39, 0.29) is 11.7 Å². The zero-order chi connectivity index (χ0) is 19.0. The van der Waals surface area contributed by atoms with Gasteiger partial charge >= 0.3 is 5.63 Å². The molecule has 3 nitrogen and oxygen atoms in total. The molecule has 1 aromatic heterocycles. The monoisotopic (exact) mass is 398 g/mol. The van der Waals surface area contributed by atoms with E-state index in [0.29, 0.717) is 22.2 Å². The van der Waals surface area contributed by atoms with Crippen molar-refractivity contribution in [2.45, 2.75) is 19.5 Å². The number of fused-ring (bicyclic) bond motifs is 3. The van der Waals surface area contributed by atoms with Crippen molar-refractivity contribution in [3.05, 3.63) is 92.3 Å². The first kappa shape index (κ1) is 18.1. The molecule has 0 aliphatic carbocycles. The van der Waals surface area contributed by atoms with E-state index in [1.165, 1.54) is 0 Å². The minimum atomic E-state index is -0.335. The van der Waals surface area contributed by atoms with Crippen molar-refractivity contribution in [2.75, 3.05) is 0 Å². The second kappa shape index (κ2) is 7.35. The summed E-state index contributed by atoms with van der Waals surface area (Å²) in [6, 6.07) is 19.2. The van der Waals surface area contributed by atoms with E-state index < -0.39 is 0 Å². The Hall–Kier alpha value is -2.33. The first-order chi connectivity index (χ1) is 13.0. The van der Waals surface area contributed by atoms with E-state index >= 15 is 0 Å². The average Bonchev–Trinajstić information content (AvgIpc) is 2.65. The van der Waals surface area contributed by atoms with Gasteiger partial charge in [-0.1, -0.05) is 59.6 Å². The highest BCUT2D eigenvalue weighted by Crippen LogP contribution is 2.28. The van der Waals surface area contributed by atoms with Gasteiger partial charge in [0.1, 0.15) is 18.2 Å². The van der Waals surface area contributed by atoms with Crippen molar-refractivity contribution in [3.8, 4) is 0 Å². The fourth-order valence-corrected chi connectivity index (χ4v) is 4.06. The van der Waals surface area contributed by atoms with Crippen LogP contribution in [0.15, 0.2) is 69.9 Å². The molecule has 0 aliphatic rings. The highest BCUT2D eigenvalue weighted by molar-refractivity contribution is 6.35. The lowest BCUT2D eigenvalue weighted by Gasteiger charge is -2.14. The Kier molecular flexibility index (Phi) is 4.92. The second-order valence-corrected chi connectivity index (χ2v) is 7.49. The van der Waals surface area contributed by atoms with Crippen molar-refractivity contribution >= 4 is 44.9 Å². The Balaban J connectivity index is 1.73. The number of quaternary nitrogens is 1. The van der Waals surface area contributed by atoms with Gasteiger partial charge in [0.2, 0.25) is 0 Å². The van der Waals surface area contributed by atoms with Crippen molar-refractivity contribution in [1.82, 2.24) is 0 Å². The van der Waals surface area contributed by atoms with E-state index in [2.05, 4.69) is 24.4 Å². The van der Waals surface area contributed by atoms with Gasteiger partial charge in [0.05, 0.1) is 5.02 Å². The lowest BCUT2D eigenvalue weighted by molar-refractivity contribution is -0.707. The highest BCUT2D eigenvalue weighted by atomic mass is 35.5. The van der Waals surface area contributed by atoms with Gasteiger partial charge in [0.15, 0.2) is 0 Å². The Morgan fingerprint density at radius 1 is 1.04 bits per heavy atom.